The third-order valence-electron chi connectivity index (χ3n) is 4.46. The predicted octanol–water partition coefficient (Wildman–Crippen LogP) is 4.48. The zero-order chi connectivity index (χ0) is 19.6. The first-order valence-electron chi connectivity index (χ1n) is 9.37. The quantitative estimate of drug-likeness (QED) is 0.814. The van der Waals surface area contributed by atoms with Crippen LogP contribution >= 0.6 is 0 Å². The molecule has 0 saturated carbocycles. The van der Waals surface area contributed by atoms with E-state index in [0.717, 1.165) is 30.5 Å². The van der Waals surface area contributed by atoms with Gasteiger partial charge in [0.15, 0.2) is 0 Å². The Hall–Kier alpha value is -2.69. The van der Waals surface area contributed by atoms with Crippen LogP contribution in [0.25, 0.3) is 0 Å². The minimum absolute atomic E-state index is 0.264. The molecular formula is C22H26N2O3. The van der Waals surface area contributed by atoms with Gasteiger partial charge in [-0.3, -0.25) is 4.79 Å². The minimum Gasteiger partial charge on any atom is -0.456 e. The summed E-state index contributed by atoms with van der Waals surface area (Å²) >= 11 is 0. The van der Waals surface area contributed by atoms with Crippen molar-refractivity contribution in [2.75, 3.05) is 5.32 Å². The first kappa shape index (κ1) is 19.1. The molecule has 1 aliphatic carbocycles. The summed E-state index contributed by atoms with van der Waals surface area (Å²) < 4.78 is 5.46. The average molecular weight is 366 g/mol. The lowest BCUT2D eigenvalue weighted by Gasteiger charge is -2.20. The topological polar surface area (TPSA) is 68.3 Å². The Bertz CT molecular complexity index is 882. The van der Waals surface area contributed by atoms with E-state index in [1.54, 1.807) is 32.9 Å². The summed E-state index contributed by atoms with van der Waals surface area (Å²) in [6.45, 7) is 7.28. The van der Waals surface area contributed by atoms with Gasteiger partial charge in [-0.15, -0.1) is 0 Å². The molecular weight excluding hydrogens is 340 g/mol. The Kier molecular flexibility index (Phi) is 5.31. The molecule has 0 fully saturated rings. The lowest BCUT2D eigenvalue weighted by molar-refractivity contribution is 0.00677. The first-order valence-corrected chi connectivity index (χ1v) is 9.37. The summed E-state index contributed by atoms with van der Waals surface area (Å²) in [5.74, 6) is -0.356. The van der Waals surface area contributed by atoms with Crippen molar-refractivity contribution in [3.8, 4) is 0 Å². The maximum Gasteiger partial charge on any atom is 0.339 e. The van der Waals surface area contributed by atoms with Crippen LogP contribution in [0.1, 0.15) is 71.1 Å². The average Bonchev–Trinajstić information content (AvgIpc) is 2.60. The summed E-state index contributed by atoms with van der Waals surface area (Å²) in [6, 6.07) is 9.00. The molecule has 2 aromatic rings. The molecule has 5 heteroatoms. The molecule has 27 heavy (non-hydrogen) atoms. The number of hydrogen-bond donors (Lipinski definition) is 1. The van der Waals surface area contributed by atoms with Gasteiger partial charge in [0, 0.05) is 5.69 Å². The highest BCUT2D eigenvalue weighted by Gasteiger charge is 2.23. The fraction of sp³-hybridized carbons (Fsp3) is 0.409. The monoisotopic (exact) mass is 366 g/mol. The van der Waals surface area contributed by atoms with Crippen LogP contribution in [-0.4, -0.2) is 22.5 Å². The maximum absolute atomic E-state index is 12.8. The number of aryl methyl sites for hydroxylation is 3. The van der Waals surface area contributed by atoms with Gasteiger partial charge >= 0.3 is 5.97 Å². The van der Waals surface area contributed by atoms with Crippen molar-refractivity contribution in [1.29, 1.82) is 0 Å². The molecule has 1 aliphatic rings. The van der Waals surface area contributed by atoms with Gasteiger partial charge in [0.2, 0.25) is 0 Å². The highest BCUT2D eigenvalue weighted by Crippen LogP contribution is 2.22. The van der Waals surface area contributed by atoms with E-state index in [1.165, 1.54) is 12.0 Å². The number of hydrogen-bond acceptors (Lipinski definition) is 4. The maximum atomic E-state index is 12.8. The van der Waals surface area contributed by atoms with Crippen LogP contribution in [0.2, 0.25) is 0 Å². The van der Waals surface area contributed by atoms with Crippen LogP contribution in [0, 0.1) is 6.92 Å². The first-order chi connectivity index (χ1) is 12.7. The van der Waals surface area contributed by atoms with Crippen molar-refractivity contribution in [2.24, 2.45) is 0 Å². The molecule has 0 spiro atoms. The number of carbonyl (C=O) groups is 2. The van der Waals surface area contributed by atoms with Crippen LogP contribution in [0.3, 0.4) is 0 Å². The van der Waals surface area contributed by atoms with Crippen LogP contribution in [0.15, 0.2) is 30.3 Å². The van der Waals surface area contributed by atoms with Crippen LogP contribution < -0.4 is 5.32 Å². The lowest BCUT2D eigenvalue weighted by Crippen LogP contribution is -2.26. The van der Waals surface area contributed by atoms with Gasteiger partial charge in [0.05, 0.1) is 11.1 Å². The molecule has 1 aromatic heterocycles. The Labute approximate surface area is 160 Å². The minimum atomic E-state index is -0.630. The fourth-order valence-corrected chi connectivity index (χ4v) is 3.19. The van der Waals surface area contributed by atoms with Gasteiger partial charge in [-0.1, -0.05) is 17.7 Å². The van der Waals surface area contributed by atoms with Crippen molar-refractivity contribution in [3.63, 3.8) is 0 Å². The van der Waals surface area contributed by atoms with Gasteiger partial charge in [0.25, 0.3) is 5.91 Å². The van der Waals surface area contributed by atoms with E-state index >= 15 is 0 Å². The standard InChI is InChI=1S/C22H26N2O3/c1-14-9-11-16(17(13-14)21(26)27-22(2,3)4)20(25)24-19-12-10-15-7-5-6-8-18(15)23-19/h9-13H,5-8H2,1-4H3,(H,23,24,25). The van der Waals surface area contributed by atoms with Gasteiger partial charge in [-0.05, 0) is 77.1 Å². The van der Waals surface area contributed by atoms with E-state index in [9.17, 15) is 9.59 Å². The second-order valence-electron chi connectivity index (χ2n) is 8.01. The second-order valence-corrected chi connectivity index (χ2v) is 8.01. The number of aromatic nitrogens is 1. The fourth-order valence-electron chi connectivity index (χ4n) is 3.19. The normalized spacial score (nSPS) is 13.6. The SMILES string of the molecule is Cc1ccc(C(=O)Nc2ccc3c(n2)CCCC3)c(C(=O)OC(C)(C)C)c1. The number of fused-ring (bicyclic) bond motifs is 1. The van der Waals surface area contributed by atoms with E-state index in [1.807, 2.05) is 25.1 Å². The van der Waals surface area contributed by atoms with Gasteiger partial charge in [-0.2, -0.15) is 0 Å². The molecule has 0 saturated heterocycles. The summed E-state index contributed by atoms with van der Waals surface area (Å²) in [5.41, 5.74) is 3.11. The Morgan fingerprint density at radius 3 is 2.52 bits per heavy atom. The van der Waals surface area contributed by atoms with Crippen LogP contribution in [0.5, 0.6) is 0 Å². The largest absolute Gasteiger partial charge is 0.456 e. The summed E-state index contributed by atoms with van der Waals surface area (Å²) in [5, 5.41) is 2.83. The van der Waals surface area contributed by atoms with E-state index in [0.29, 0.717) is 5.82 Å². The molecule has 1 N–H and O–H groups in total. The second kappa shape index (κ2) is 7.51. The van der Waals surface area contributed by atoms with E-state index in [2.05, 4.69) is 10.3 Å². The van der Waals surface area contributed by atoms with E-state index in [4.69, 9.17) is 4.74 Å². The molecule has 5 nitrogen and oxygen atoms in total. The zero-order valence-corrected chi connectivity index (χ0v) is 16.4. The highest BCUT2D eigenvalue weighted by atomic mass is 16.6. The summed E-state index contributed by atoms with van der Waals surface area (Å²) in [7, 11) is 0. The van der Waals surface area contributed by atoms with E-state index < -0.39 is 11.6 Å². The molecule has 0 bridgehead atoms. The summed E-state index contributed by atoms with van der Waals surface area (Å²) in [4.78, 5) is 30.0. The van der Waals surface area contributed by atoms with Crippen molar-refractivity contribution in [1.82, 2.24) is 4.98 Å². The molecule has 1 aromatic carbocycles. The number of pyridine rings is 1. The number of nitrogens with zero attached hydrogens (tertiary/aromatic N) is 1. The Balaban J connectivity index is 1.85. The van der Waals surface area contributed by atoms with Crippen molar-refractivity contribution < 1.29 is 14.3 Å². The number of amides is 1. The Morgan fingerprint density at radius 2 is 1.78 bits per heavy atom. The van der Waals surface area contributed by atoms with Crippen LogP contribution in [-0.2, 0) is 17.6 Å². The third kappa shape index (κ3) is 4.73. The molecule has 0 atom stereocenters. The van der Waals surface area contributed by atoms with Crippen molar-refractivity contribution in [3.05, 3.63) is 58.3 Å². The number of benzene rings is 1. The van der Waals surface area contributed by atoms with Crippen LogP contribution in [0.4, 0.5) is 5.82 Å². The molecule has 0 aliphatic heterocycles. The number of carbonyl (C=O) groups excluding carboxylic acids is 2. The molecule has 142 valence electrons. The van der Waals surface area contributed by atoms with Gasteiger partial charge in [0.1, 0.15) is 11.4 Å². The smallest absolute Gasteiger partial charge is 0.339 e. The number of rotatable bonds is 3. The molecule has 3 rings (SSSR count). The lowest BCUT2D eigenvalue weighted by atomic mass is 9.96. The van der Waals surface area contributed by atoms with E-state index in [-0.39, 0.29) is 17.0 Å². The van der Waals surface area contributed by atoms with Gasteiger partial charge in [-0.25, -0.2) is 9.78 Å². The number of anilines is 1. The number of esters is 1. The highest BCUT2D eigenvalue weighted by molar-refractivity contribution is 6.10. The third-order valence-corrected chi connectivity index (χ3v) is 4.46. The molecule has 0 unspecified atom stereocenters. The van der Waals surface area contributed by atoms with Gasteiger partial charge < -0.3 is 10.1 Å². The molecule has 1 amide bonds. The molecule has 0 radical (unpaired) electrons. The van der Waals surface area contributed by atoms with Crippen molar-refractivity contribution in [2.45, 2.75) is 59.0 Å². The number of ether oxygens (including phenoxy) is 1. The zero-order valence-electron chi connectivity index (χ0n) is 16.4. The predicted molar refractivity (Wildman–Crippen MR) is 105 cm³/mol. The summed E-state index contributed by atoms with van der Waals surface area (Å²) in [6.07, 6.45) is 4.28. The van der Waals surface area contributed by atoms with Crippen molar-refractivity contribution >= 4 is 17.7 Å². The number of nitrogens with one attached hydrogen (secondary N) is 1. The Morgan fingerprint density at radius 1 is 1.04 bits per heavy atom. The molecule has 1 heterocycles.